The molecule has 1 fully saturated rings. The standard InChI is InChI=1S/C16H33P/c1-3-5-6-7-8-12-15-17-16(4-2)13-10-9-11-14-16/h17H,3-15H2,1-2H3. The van der Waals surface area contributed by atoms with E-state index in [2.05, 4.69) is 13.8 Å². The summed E-state index contributed by atoms with van der Waals surface area (Å²) in [5.74, 6) is 0. The molecule has 0 aromatic carbocycles. The lowest BCUT2D eigenvalue weighted by molar-refractivity contribution is 0.384. The quantitative estimate of drug-likeness (QED) is 0.343. The number of hydrogen-bond acceptors (Lipinski definition) is 0. The van der Waals surface area contributed by atoms with Gasteiger partial charge in [0.2, 0.25) is 0 Å². The van der Waals surface area contributed by atoms with E-state index in [1.54, 1.807) is 0 Å². The zero-order valence-corrected chi connectivity index (χ0v) is 13.2. The van der Waals surface area contributed by atoms with Crippen molar-refractivity contribution < 1.29 is 0 Å². The van der Waals surface area contributed by atoms with Crippen molar-refractivity contribution in [1.82, 2.24) is 0 Å². The fourth-order valence-electron chi connectivity index (χ4n) is 3.14. The van der Waals surface area contributed by atoms with E-state index in [1.165, 1.54) is 91.8 Å². The molecule has 0 aromatic rings. The van der Waals surface area contributed by atoms with E-state index in [9.17, 15) is 0 Å². The second-order valence-corrected chi connectivity index (χ2v) is 7.80. The minimum atomic E-state index is 0.793. The van der Waals surface area contributed by atoms with Gasteiger partial charge in [-0.25, -0.2) is 0 Å². The first kappa shape index (κ1) is 15.5. The summed E-state index contributed by atoms with van der Waals surface area (Å²) in [4.78, 5) is 0. The minimum absolute atomic E-state index is 0.793. The fourth-order valence-corrected chi connectivity index (χ4v) is 5.06. The Morgan fingerprint density at radius 2 is 1.47 bits per heavy atom. The summed E-state index contributed by atoms with van der Waals surface area (Å²) in [5, 5.41) is 0.793. The molecule has 0 saturated heterocycles. The highest BCUT2D eigenvalue weighted by Crippen LogP contribution is 2.46. The molecule has 1 saturated carbocycles. The summed E-state index contributed by atoms with van der Waals surface area (Å²) in [5.41, 5.74) is 0. The molecule has 1 aliphatic rings. The molecule has 17 heavy (non-hydrogen) atoms. The monoisotopic (exact) mass is 256 g/mol. The molecule has 0 radical (unpaired) electrons. The Morgan fingerprint density at radius 3 is 2.12 bits per heavy atom. The van der Waals surface area contributed by atoms with Crippen molar-refractivity contribution in [2.75, 3.05) is 6.16 Å². The van der Waals surface area contributed by atoms with E-state index < -0.39 is 0 Å². The normalized spacial score (nSPS) is 20.1. The van der Waals surface area contributed by atoms with Gasteiger partial charge in [0.05, 0.1) is 0 Å². The molecular formula is C16H33P. The predicted molar refractivity (Wildman–Crippen MR) is 82.7 cm³/mol. The molecule has 0 bridgehead atoms. The maximum atomic E-state index is 2.43. The molecule has 1 rings (SSSR count). The van der Waals surface area contributed by atoms with Gasteiger partial charge in [0, 0.05) is 0 Å². The molecule has 0 aromatic heterocycles. The SMILES string of the molecule is CCCCCCCCPC1(CC)CCCCC1. The Labute approximate surface area is 111 Å². The first-order valence-electron chi connectivity index (χ1n) is 8.08. The second kappa shape index (κ2) is 9.37. The maximum Gasteiger partial charge on any atom is -0.0125 e. The molecule has 1 aliphatic carbocycles. The lowest BCUT2D eigenvalue weighted by atomic mass is 9.86. The van der Waals surface area contributed by atoms with Crippen LogP contribution in [-0.4, -0.2) is 11.3 Å². The first-order valence-corrected chi connectivity index (χ1v) is 9.29. The summed E-state index contributed by atoms with van der Waals surface area (Å²) >= 11 is 0. The zero-order valence-electron chi connectivity index (χ0n) is 12.2. The van der Waals surface area contributed by atoms with Crippen molar-refractivity contribution in [1.29, 1.82) is 0 Å². The van der Waals surface area contributed by atoms with Gasteiger partial charge in [0.25, 0.3) is 0 Å². The van der Waals surface area contributed by atoms with Gasteiger partial charge in [0.1, 0.15) is 0 Å². The van der Waals surface area contributed by atoms with Gasteiger partial charge in [-0.05, 0) is 37.0 Å². The molecule has 0 aliphatic heterocycles. The third-order valence-electron chi connectivity index (χ3n) is 4.52. The molecule has 0 heterocycles. The predicted octanol–water partition coefficient (Wildman–Crippen LogP) is 6.14. The van der Waals surface area contributed by atoms with Crippen molar-refractivity contribution in [2.45, 2.75) is 96.1 Å². The van der Waals surface area contributed by atoms with Crippen molar-refractivity contribution >= 4 is 8.58 Å². The van der Waals surface area contributed by atoms with Crippen LogP contribution >= 0.6 is 8.58 Å². The van der Waals surface area contributed by atoms with Crippen LogP contribution in [0.3, 0.4) is 0 Å². The van der Waals surface area contributed by atoms with Crippen molar-refractivity contribution in [2.24, 2.45) is 0 Å². The van der Waals surface area contributed by atoms with E-state index in [-0.39, 0.29) is 0 Å². The average molecular weight is 256 g/mol. The van der Waals surface area contributed by atoms with Crippen molar-refractivity contribution in [3.63, 3.8) is 0 Å². The lowest BCUT2D eigenvalue weighted by Crippen LogP contribution is -2.25. The van der Waals surface area contributed by atoms with Crippen LogP contribution in [0, 0.1) is 0 Å². The molecule has 0 N–H and O–H groups in total. The van der Waals surface area contributed by atoms with Gasteiger partial charge >= 0.3 is 0 Å². The summed E-state index contributed by atoms with van der Waals surface area (Å²) in [7, 11) is 1.26. The molecule has 0 nitrogen and oxygen atoms in total. The average Bonchev–Trinajstić information content (AvgIpc) is 2.39. The Kier molecular flexibility index (Phi) is 8.54. The van der Waals surface area contributed by atoms with Gasteiger partial charge in [-0.3, -0.25) is 0 Å². The van der Waals surface area contributed by atoms with Crippen LogP contribution in [-0.2, 0) is 0 Å². The van der Waals surface area contributed by atoms with Crippen LogP contribution in [0.15, 0.2) is 0 Å². The molecular weight excluding hydrogens is 223 g/mol. The van der Waals surface area contributed by atoms with Crippen LogP contribution in [0.2, 0.25) is 0 Å². The first-order chi connectivity index (χ1) is 8.33. The second-order valence-electron chi connectivity index (χ2n) is 5.89. The van der Waals surface area contributed by atoms with Gasteiger partial charge in [-0.1, -0.05) is 65.2 Å². The third-order valence-corrected chi connectivity index (χ3v) is 6.72. The zero-order chi connectivity index (χ0) is 12.4. The Hall–Kier alpha value is 0.430. The van der Waals surface area contributed by atoms with Crippen molar-refractivity contribution in [3.8, 4) is 0 Å². The largest absolute Gasteiger partial charge is 0.116 e. The van der Waals surface area contributed by atoms with Crippen LogP contribution in [0.1, 0.15) is 90.9 Å². The Balaban J connectivity index is 2.03. The summed E-state index contributed by atoms with van der Waals surface area (Å²) in [6.45, 7) is 4.73. The highest BCUT2D eigenvalue weighted by molar-refractivity contribution is 7.40. The van der Waals surface area contributed by atoms with Gasteiger partial charge in [-0.2, -0.15) is 0 Å². The van der Waals surface area contributed by atoms with Crippen molar-refractivity contribution in [3.05, 3.63) is 0 Å². The summed E-state index contributed by atoms with van der Waals surface area (Å²) in [6.07, 6.45) is 19.4. The molecule has 0 spiro atoms. The van der Waals surface area contributed by atoms with E-state index in [0.717, 1.165) is 5.16 Å². The van der Waals surface area contributed by atoms with Gasteiger partial charge in [0.15, 0.2) is 0 Å². The molecule has 0 amide bonds. The minimum Gasteiger partial charge on any atom is -0.116 e. The van der Waals surface area contributed by atoms with Crippen LogP contribution in [0.5, 0.6) is 0 Å². The topological polar surface area (TPSA) is 0 Å². The highest BCUT2D eigenvalue weighted by atomic mass is 31.1. The summed E-state index contributed by atoms with van der Waals surface area (Å²) in [6, 6.07) is 0. The maximum absolute atomic E-state index is 2.43. The smallest absolute Gasteiger partial charge is 0.0125 e. The number of unbranched alkanes of at least 4 members (excludes halogenated alkanes) is 5. The number of hydrogen-bond donors (Lipinski definition) is 0. The Bertz CT molecular complexity index is 170. The van der Waals surface area contributed by atoms with Crippen LogP contribution < -0.4 is 0 Å². The molecule has 1 heteroatoms. The van der Waals surface area contributed by atoms with Crippen LogP contribution in [0.25, 0.3) is 0 Å². The van der Waals surface area contributed by atoms with Gasteiger partial charge < -0.3 is 0 Å². The number of rotatable bonds is 9. The van der Waals surface area contributed by atoms with E-state index in [4.69, 9.17) is 0 Å². The highest BCUT2D eigenvalue weighted by Gasteiger charge is 2.29. The molecule has 1 atom stereocenters. The third kappa shape index (κ3) is 6.23. The fraction of sp³-hybridized carbons (Fsp3) is 1.00. The van der Waals surface area contributed by atoms with Crippen LogP contribution in [0.4, 0.5) is 0 Å². The molecule has 1 unspecified atom stereocenters. The lowest BCUT2D eigenvalue weighted by Gasteiger charge is -2.36. The van der Waals surface area contributed by atoms with E-state index >= 15 is 0 Å². The summed E-state index contributed by atoms with van der Waals surface area (Å²) < 4.78 is 0. The molecule has 102 valence electrons. The Morgan fingerprint density at radius 1 is 0.824 bits per heavy atom. The van der Waals surface area contributed by atoms with E-state index in [1.807, 2.05) is 0 Å². The van der Waals surface area contributed by atoms with E-state index in [0.29, 0.717) is 0 Å². The van der Waals surface area contributed by atoms with Gasteiger partial charge in [-0.15, -0.1) is 8.58 Å².